The Hall–Kier alpha value is -2.48. The first-order valence-electron chi connectivity index (χ1n) is 5.71. The van der Waals surface area contributed by atoms with Crippen LogP contribution in [0.3, 0.4) is 0 Å². The van der Waals surface area contributed by atoms with Crippen molar-refractivity contribution in [1.29, 1.82) is 0 Å². The topological polar surface area (TPSA) is 30.0 Å². The highest BCUT2D eigenvalue weighted by Gasteiger charge is 2.01. The van der Waals surface area contributed by atoms with Crippen molar-refractivity contribution in [1.82, 2.24) is 4.98 Å². The number of hydrogen-bond donors (Lipinski definition) is 0. The summed E-state index contributed by atoms with van der Waals surface area (Å²) in [5, 5.41) is 1.02. The fraction of sp³-hybridized carbons (Fsp3) is 0. The molecule has 0 aliphatic heterocycles. The second-order valence-electron chi connectivity index (χ2n) is 4.07. The molecule has 0 aliphatic rings. The van der Waals surface area contributed by atoms with Gasteiger partial charge < -0.3 is 0 Å². The highest BCUT2D eigenvalue weighted by Crippen LogP contribution is 2.23. The van der Waals surface area contributed by atoms with Gasteiger partial charge in [-0.3, -0.25) is 4.79 Å². The minimum Gasteiger partial charge on any atom is -0.283 e. The third-order valence-corrected chi connectivity index (χ3v) is 2.90. The van der Waals surface area contributed by atoms with Crippen LogP contribution in [0.1, 0.15) is 5.69 Å². The van der Waals surface area contributed by atoms with Crippen LogP contribution in [-0.2, 0) is 4.79 Å². The van der Waals surface area contributed by atoms with Gasteiger partial charge >= 0.3 is 0 Å². The van der Waals surface area contributed by atoms with Gasteiger partial charge in [0.15, 0.2) is 0 Å². The van der Waals surface area contributed by atoms with Crippen LogP contribution in [0.5, 0.6) is 0 Å². The molecule has 0 unspecified atom stereocenters. The number of aromatic nitrogens is 1. The van der Waals surface area contributed by atoms with Crippen LogP contribution in [0.25, 0.3) is 22.0 Å². The van der Waals surface area contributed by atoms with Crippen molar-refractivity contribution >= 4 is 17.2 Å². The maximum atomic E-state index is 10.6. The van der Waals surface area contributed by atoms with Gasteiger partial charge in [0.2, 0.25) is 0 Å². The largest absolute Gasteiger partial charge is 0.283 e. The van der Waals surface area contributed by atoms with E-state index in [1.165, 1.54) is 5.56 Å². The summed E-state index contributed by atoms with van der Waals surface area (Å²) in [6.45, 7) is 0. The summed E-state index contributed by atoms with van der Waals surface area (Å²) in [4.78, 5) is 14.8. The van der Waals surface area contributed by atoms with Gasteiger partial charge in [0, 0.05) is 5.39 Å². The molecule has 0 amide bonds. The third-order valence-electron chi connectivity index (χ3n) is 2.90. The van der Waals surface area contributed by atoms with Crippen LogP contribution in [0.15, 0.2) is 60.7 Å². The van der Waals surface area contributed by atoms with Gasteiger partial charge in [0.05, 0.1) is 5.52 Å². The van der Waals surface area contributed by atoms with Gasteiger partial charge in [0.25, 0.3) is 6.29 Å². The first-order valence-corrected chi connectivity index (χ1v) is 5.71. The van der Waals surface area contributed by atoms with E-state index < -0.39 is 0 Å². The number of carbonyl (C=O) groups excluding carboxylic acids is 1. The molecule has 0 bridgehead atoms. The van der Waals surface area contributed by atoms with Crippen molar-refractivity contribution < 1.29 is 4.79 Å². The summed E-state index contributed by atoms with van der Waals surface area (Å²) in [5.74, 6) is 0. The number of pyridine rings is 1. The van der Waals surface area contributed by atoms with Crippen LogP contribution in [0, 0.1) is 0 Å². The van der Waals surface area contributed by atoms with Gasteiger partial charge in [-0.15, -0.1) is 0 Å². The standard InChI is InChI=1S/C16H10NO/c18-11-15-8-6-14-10-13(7-9-16(14)17-15)12-4-2-1-3-5-12/h1-10H. The summed E-state index contributed by atoms with van der Waals surface area (Å²) in [6, 6.07) is 19.8. The first kappa shape index (κ1) is 10.7. The monoisotopic (exact) mass is 232 g/mol. The molecule has 3 rings (SSSR count). The van der Waals surface area contributed by atoms with Gasteiger partial charge in [-0.05, 0) is 29.3 Å². The lowest BCUT2D eigenvalue weighted by atomic mass is 10.0. The van der Waals surface area contributed by atoms with Crippen molar-refractivity contribution in [2.75, 3.05) is 0 Å². The Morgan fingerprint density at radius 1 is 0.833 bits per heavy atom. The van der Waals surface area contributed by atoms with Crippen molar-refractivity contribution in [2.24, 2.45) is 0 Å². The van der Waals surface area contributed by atoms with E-state index in [4.69, 9.17) is 0 Å². The summed E-state index contributed by atoms with van der Waals surface area (Å²) in [5.41, 5.74) is 3.48. The van der Waals surface area contributed by atoms with E-state index in [2.05, 4.69) is 23.2 Å². The maximum absolute atomic E-state index is 10.6. The average Bonchev–Trinajstić information content (AvgIpc) is 2.47. The van der Waals surface area contributed by atoms with Gasteiger partial charge in [-0.2, -0.15) is 0 Å². The minimum absolute atomic E-state index is 0.343. The number of fused-ring (bicyclic) bond motifs is 1. The molecule has 0 atom stereocenters. The summed E-state index contributed by atoms with van der Waals surface area (Å²) < 4.78 is 0. The Balaban J connectivity index is 2.15. The van der Waals surface area contributed by atoms with E-state index >= 15 is 0 Å². The Kier molecular flexibility index (Phi) is 2.61. The molecule has 0 spiro atoms. The number of rotatable bonds is 2. The Morgan fingerprint density at radius 3 is 2.44 bits per heavy atom. The molecular weight excluding hydrogens is 222 g/mol. The van der Waals surface area contributed by atoms with Crippen molar-refractivity contribution in [3.8, 4) is 11.1 Å². The molecule has 2 nitrogen and oxygen atoms in total. The lowest BCUT2D eigenvalue weighted by Crippen LogP contribution is -1.88. The van der Waals surface area contributed by atoms with Crippen LogP contribution < -0.4 is 0 Å². The molecule has 0 aliphatic carbocycles. The highest BCUT2D eigenvalue weighted by molar-refractivity contribution is 5.87. The van der Waals surface area contributed by atoms with Crippen molar-refractivity contribution in [3.63, 3.8) is 0 Å². The predicted octanol–water partition coefficient (Wildman–Crippen LogP) is 3.36. The number of hydrogen-bond acceptors (Lipinski definition) is 2. The van der Waals surface area contributed by atoms with Gasteiger partial charge in [0.1, 0.15) is 5.69 Å². The smallest absolute Gasteiger partial charge is 0.253 e. The number of benzene rings is 2. The van der Waals surface area contributed by atoms with E-state index in [0.717, 1.165) is 16.5 Å². The maximum Gasteiger partial charge on any atom is 0.253 e. The Bertz CT molecular complexity index is 705. The van der Waals surface area contributed by atoms with Crippen LogP contribution in [0.4, 0.5) is 0 Å². The molecule has 2 aromatic carbocycles. The normalized spacial score (nSPS) is 10.4. The lowest BCUT2D eigenvalue weighted by Gasteiger charge is -2.03. The Labute approximate surface area is 105 Å². The predicted molar refractivity (Wildman–Crippen MR) is 72.0 cm³/mol. The molecule has 3 aromatic rings. The molecule has 0 fully saturated rings. The van der Waals surface area contributed by atoms with Gasteiger partial charge in [-0.1, -0.05) is 42.5 Å². The number of nitrogens with zero attached hydrogens (tertiary/aromatic N) is 1. The van der Waals surface area contributed by atoms with Crippen LogP contribution >= 0.6 is 0 Å². The first-order chi connectivity index (χ1) is 8.86. The fourth-order valence-corrected chi connectivity index (χ4v) is 1.99. The van der Waals surface area contributed by atoms with Gasteiger partial charge in [-0.25, -0.2) is 4.98 Å². The van der Waals surface area contributed by atoms with E-state index in [1.54, 1.807) is 12.4 Å². The molecule has 0 saturated heterocycles. The lowest BCUT2D eigenvalue weighted by molar-refractivity contribution is 0.561. The molecule has 1 radical (unpaired) electrons. The Morgan fingerprint density at radius 2 is 1.67 bits per heavy atom. The van der Waals surface area contributed by atoms with E-state index in [9.17, 15) is 4.79 Å². The van der Waals surface area contributed by atoms with E-state index in [0.29, 0.717) is 5.69 Å². The van der Waals surface area contributed by atoms with Crippen molar-refractivity contribution in [3.05, 3.63) is 66.4 Å². The minimum atomic E-state index is 0.343. The molecule has 2 heteroatoms. The second kappa shape index (κ2) is 4.41. The zero-order chi connectivity index (χ0) is 12.4. The molecular formula is C16H10NO. The molecule has 1 heterocycles. The third kappa shape index (κ3) is 1.89. The molecule has 85 valence electrons. The molecule has 1 aromatic heterocycles. The van der Waals surface area contributed by atoms with E-state index in [-0.39, 0.29) is 0 Å². The molecule has 18 heavy (non-hydrogen) atoms. The summed E-state index contributed by atoms with van der Waals surface area (Å²) >= 11 is 0. The second-order valence-corrected chi connectivity index (χ2v) is 4.07. The van der Waals surface area contributed by atoms with Crippen molar-refractivity contribution in [2.45, 2.75) is 0 Å². The molecule has 0 N–H and O–H groups in total. The highest BCUT2D eigenvalue weighted by atomic mass is 16.1. The zero-order valence-electron chi connectivity index (χ0n) is 9.63. The molecule has 0 saturated carbocycles. The fourth-order valence-electron chi connectivity index (χ4n) is 1.99. The summed E-state index contributed by atoms with van der Waals surface area (Å²) in [6.07, 6.45) is 1.80. The van der Waals surface area contributed by atoms with Crippen LogP contribution in [0.2, 0.25) is 0 Å². The average molecular weight is 232 g/mol. The SMILES string of the molecule is O=[C]c1ccc2cc(-c3ccccc3)ccc2n1. The summed E-state index contributed by atoms with van der Waals surface area (Å²) in [7, 11) is 0. The van der Waals surface area contributed by atoms with Crippen LogP contribution in [-0.4, -0.2) is 11.3 Å². The quantitative estimate of drug-likeness (QED) is 0.678. The van der Waals surface area contributed by atoms with E-state index in [1.807, 2.05) is 36.4 Å². The zero-order valence-corrected chi connectivity index (χ0v) is 9.63.